The largest absolute Gasteiger partial charge is 0.356 e. The second-order valence-electron chi connectivity index (χ2n) is 6.62. The third-order valence-electron chi connectivity index (χ3n) is 4.82. The van der Waals surface area contributed by atoms with Crippen LogP contribution in [0.5, 0.6) is 0 Å². The minimum Gasteiger partial charge on any atom is -0.356 e. The number of hydrogen-bond acceptors (Lipinski definition) is 5. The maximum atomic E-state index is 12.2. The topological polar surface area (TPSA) is 75.9 Å². The van der Waals surface area contributed by atoms with Gasteiger partial charge >= 0.3 is 0 Å². The van der Waals surface area contributed by atoms with Crippen molar-refractivity contribution in [2.45, 2.75) is 38.6 Å². The zero-order valence-electron chi connectivity index (χ0n) is 13.9. The minimum atomic E-state index is 0.138. The highest BCUT2D eigenvalue weighted by molar-refractivity contribution is 5.79. The fraction of sp³-hybridized carbons (Fsp3) is 0.529. The molecule has 1 amide bonds. The third kappa shape index (κ3) is 3.11. The fourth-order valence-electron chi connectivity index (χ4n) is 3.18. The molecule has 2 aliphatic rings. The summed E-state index contributed by atoms with van der Waals surface area (Å²) in [5.41, 5.74) is 0. The summed E-state index contributed by atoms with van der Waals surface area (Å²) in [6.07, 6.45) is 9.29. The molecule has 0 radical (unpaired) electrons. The Labute approximate surface area is 141 Å². The van der Waals surface area contributed by atoms with Crippen molar-refractivity contribution in [1.29, 1.82) is 0 Å². The van der Waals surface area contributed by atoms with Gasteiger partial charge in [-0.15, -0.1) is 0 Å². The Morgan fingerprint density at radius 1 is 1.12 bits per heavy atom. The lowest BCUT2D eigenvalue weighted by atomic mass is 9.96. The van der Waals surface area contributed by atoms with Gasteiger partial charge < -0.3 is 10.2 Å². The van der Waals surface area contributed by atoms with Crippen LogP contribution in [0, 0.1) is 12.8 Å². The number of carbonyl (C=O) groups excluding carboxylic acids is 1. The second kappa shape index (κ2) is 6.22. The molecular formula is C17H22N6O. The van der Waals surface area contributed by atoms with E-state index in [1.54, 1.807) is 12.5 Å². The summed E-state index contributed by atoms with van der Waals surface area (Å²) in [5, 5.41) is 3.12. The molecule has 1 aliphatic carbocycles. The van der Waals surface area contributed by atoms with Gasteiger partial charge in [-0.1, -0.05) is 0 Å². The van der Waals surface area contributed by atoms with Gasteiger partial charge in [0.25, 0.3) is 0 Å². The molecule has 3 heterocycles. The smallest absolute Gasteiger partial charge is 0.223 e. The Morgan fingerprint density at radius 3 is 2.54 bits per heavy atom. The molecule has 0 bridgehead atoms. The molecule has 7 nitrogen and oxygen atoms in total. The van der Waals surface area contributed by atoms with Crippen molar-refractivity contribution in [2.75, 3.05) is 18.0 Å². The van der Waals surface area contributed by atoms with Crippen molar-refractivity contribution in [3.63, 3.8) is 0 Å². The molecule has 4 rings (SSSR count). The third-order valence-corrected chi connectivity index (χ3v) is 4.82. The summed E-state index contributed by atoms with van der Waals surface area (Å²) >= 11 is 0. The predicted molar refractivity (Wildman–Crippen MR) is 90.0 cm³/mol. The highest BCUT2D eigenvalue weighted by Crippen LogP contribution is 2.25. The summed E-state index contributed by atoms with van der Waals surface area (Å²) in [4.78, 5) is 27.4. The first-order valence-electron chi connectivity index (χ1n) is 8.58. The Hall–Kier alpha value is -2.44. The van der Waals surface area contributed by atoms with Gasteiger partial charge in [0.05, 0.1) is 0 Å². The lowest BCUT2D eigenvalue weighted by Gasteiger charge is -2.32. The molecule has 2 aromatic heterocycles. The number of rotatable bonds is 4. The molecule has 0 aromatic carbocycles. The summed E-state index contributed by atoms with van der Waals surface area (Å²) < 4.78 is 1.95. The molecule has 2 aromatic rings. The number of anilines is 1. The molecule has 0 spiro atoms. The van der Waals surface area contributed by atoms with E-state index in [0.717, 1.165) is 56.2 Å². The Bertz CT molecular complexity index is 730. The summed E-state index contributed by atoms with van der Waals surface area (Å²) in [6.45, 7) is 3.65. The molecule has 7 heteroatoms. The van der Waals surface area contributed by atoms with Crippen LogP contribution in [0.15, 0.2) is 24.8 Å². The van der Waals surface area contributed by atoms with Crippen molar-refractivity contribution in [1.82, 2.24) is 24.8 Å². The summed E-state index contributed by atoms with van der Waals surface area (Å²) in [6, 6.07) is 2.43. The number of carbonyl (C=O) groups is 1. The number of amides is 1. The van der Waals surface area contributed by atoms with Crippen LogP contribution in [0.4, 0.5) is 5.82 Å². The van der Waals surface area contributed by atoms with Crippen LogP contribution in [-0.2, 0) is 4.79 Å². The van der Waals surface area contributed by atoms with E-state index < -0.39 is 0 Å². The molecular weight excluding hydrogens is 304 g/mol. The van der Waals surface area contributed by atoms with Crippen LogP contribution in [0.3, 0.4) is 0 Å². The van der Waals surface area contributed by atoms with E-state index in [4.69, 9.17) is 0 Å². The van der Waals surface area contributed by atoms with E-state index in [1.807, 2.05) is 23.8 Å². The van der Waals surface area contributed by atoms with Crippen LogP contribution in [-0.4, -0.2) is 44.6 Å². The van der Waals surface area contributed by atoms with Gasteiger partial charge in [0.15, 0.2) is 0 Å². The van der Waals surface area contributed by atoms with E-state index in [2.05, 4.69) is 25.2 Å². The molecule has 1 saturated heterocycles. The monoisotopic (exact) mass is 326 g/mol. The average molecular weight is 326 g/mol. The number of imidazole rings is 1. The van der Waals surface area contributed by atoms with Crippen molar-refractivity contribution in [3.05, 3.63) is 30.6 Å². The lowest BCUT2D eigenvalue weighted by Crippen LogP contribution is -2.41. The van der Waals surface area contributed by atoms with Gasteiger partial charge in [-0.05, 0) is 32.6 Å². The van der Waals surface area contributed by atoms with Crippen LogP contribution in [0.2, 0.25) is 0 Å². The zero-order valence-corrected chi connectivity index (χ0v) is 13.9. The maximum Gasteiger partial charge on any atom is 0.223 e. The second-order valence-corrected chi connectivity index (χ2v) is 6.62. The molecule has 1 N–H and O–H groups in total. The quantitative estimate of drug-likeness (QED) is 0.921. The first kappa shape index (κ1) is 15.1. The van der Waals surface area contributed by atoms with Crippen LogP contribution in [0.1, 0.15) is 31.5 Å². The normalized spacial score (nSPS) is 18.6. The Kier molecular flexibility index (Phi) is 3.92. The van der Waals surface area contributed by atoms with E-state index in [-0.39, 0.29) is 11.8 Å². The van der Waals surface area contributed by atoms with Crippen molar-refractivity contribution >= 4 is 11.7 Å². The number of aromatic nitrogens is 4. The van der Waals surface area contributed by atoms with Crippen LogP contribution < -0.4 is 10.2 Å². The summed E-state index contributed by atoms with van der Waals surface area (Å²) in [5.74, 6) is 3.00. The van der Waals surface area contributed by atoms with E-state index in [9.17, 15) is 4.79 Å². The van der Waals surface area contributed by atoms with Gasteiger partial charge in [0, 0.05) is 43.5 Å². The van der Waals surface area contributed by atoms with Crippen LogP contribution >= 0.6 is 0 Å². The molecule has 126 valence electrons. The highest BCUT2D eigenvalue weighted by Gasteiger charge is 2.30. The molecule has 1 aliphatic heterocycles. The molecule has 1 saturated carbocycles. The highest BCUT2D eigenvalue weighted by atomic mass is 16.2. The minimum absolute atomic E-state index is 0.138. The van der Waals surface area contributed by atoms with E-state index in [1.165, 1.54) is 0 Å². The molecule has 0 atom stereocenters. The zero-order chi connectivity index (χ0) is 16.5. The van der Waals surface area contributed by atoms with Crippen molar-refractivity contribution < 1.29 is 4.79 Å². The van der Waals surface area contributed by atoms with E-state index in [0.29, 0.717) is 6.04 Å². The number of aryl methyl sites for hydroxylation is 1. The first-order valence-corrected chi connectivity index (χ1v) is 8.58. The van der Waals surface area contributed by atoms with Crippen molar-refractivity contribution in [3.8, 4) is 5.82 Å². The molecule has 24 heavy (non-hydrogen) atoms. The predicted octanol–water partition coefficient (Wildman–Crippen LogP) is 1.47. The molecule has 0 unspecified atom stereocenters. The van der Waals surface area contributed by atoms with Crippen molar-refractivity contribution in [2.24, 2.45) is 5.92 Å². The average Bonchev–Trinajstić information content (AvgIpc) is 3.33. The Balaban J connectivity index is 1.42. The number of hydrogen-bond donors (Lipinski definition) is 1. The van der Waals surface area contributed by atoms with Gasteiger partial charge in [-0.25, -0.2) is 15.0 Å². The van der Waals surface area contributed by atoms with Crippen LogP contribution in [0.25, 0.3) is 5.82 Å². The lowest BCUT2D eigenvalue weighted by molar-refractivity contribution is -0.125. The molecule has 2 fully saturated rings. The number of nitrogens with one attached hydrogen (secondary N) is 1. The number of piperidine rings is 1. The SMILES string of the molecule is Cc1nccn1-c1cc(N2CCC(C(=O)NC3CC3)CC2)ncn1. The van der Waals surface area contributed by atoms with Gasteiger partial charge in [-0.3, -0.25) is 9.36 Å². The van der Waals surface area contributed by atoms with Gasteiger partial charge in [0.2, 0.25) is 5.91 Å². The Morgan fingerprint density at radius 2 is 1.88 bits per heavy atom. The fourth-order valence-corrected chi connectivity index (χ4v) is 3.18. The maximum absolute atomic E-state index is 12.2. The summed E-state index contributed by atoms with van der Waals surface area (Å²) in [7, 11) is 0. The first-order chi connectivity index (χ1) is 11.7. The van der Waals surface area contributed by atoms with Gasteiger partial charge in [-0.2, -0.15) is 0 Å². The van der Waals surface area contributed by atoms with E-state index >= 15 is 0 Å². The standard InChI is InChI=1S/C17H22N6O/c1-12-18-6-9-23(12)16-10-15(19-11-20-16)22-7-4-13(5-8-22)17(24)21-14-2-3-14/h6,9-11,13-14H,2-5,7-8H2,1H3,(H,21,24). The van der Waals surface area contributed by atoms with Gasteiger partial charge in [0.1, 0.15) is 23.8 Å². The number of nitrogens with zero attached hydrogens (tertiary/aromatic N) is 5.